The molecule has 24 heavy (non-hydrogen) atoms. The van der Waals surface area contributed by atoms with Crippen LogP contribution in [0.15, 0.2) is 36.4 Å². The van der Waals surface area contributed by atoms with Gasteiger partial charge in [-0.1, -0.05) is 19.1 Å². The lowest BCUT2D eigenvalue weighted by Crippen LogP contribution is -2.14. The van der Waals surface area contributed by atoms with Gasteiger partial charge in [0.05, 0.1) is 11.0 Å². The van der Waals surface area contributed by atoms with Crippen molar-refractivity contribution in [3.8, 4) is 5.75 Å². The molecule has 3 rings (SSSR count). The fraction of sp³-hybridized carbons (Fsp3) is 0.350. The molecule has 0 unspecified atom stereocenters. The summed E-state index contributed by atoms with van der Waals surface area (Å²) >= 11 is 0. The zero-order chi connectivity index (χ0) is 17.1. The minimum atomic E-state index is 0.443. The van der Waals surface area contributed by atoms with E-state index in [-0.39, 0.29) is 0 Å². The molecule has 0 radical (unpaired) electrons. The van der Waals surface area contributed by atoms with Gasteiger partial charge in [-0.2, -0.15) is 0 Å². The van der Waals surface area contributed by atoms with Crippen molar-refractivity contribution in [2.75, 3.05) is 6.54 Å². The molecule has 2 aromatic carbocycles. The zero-order valence-electron chi connectivity index (χ0n) is 14.7. The van der Waals surface area contributed by atoms with Gasteiger partial charge < -0.3 is 15.0 Å². The maximum atomic E-state index is 5.94. The molecule has 0 bridgehead atoms. The monoisotopic (exact) mass is 323 g/mol. The van der Waals surface area contributed by atoms with Crippen molar-refractivity contribution in [3.63, 3.8) is 0 Å². The van der Waals surface area contributed by atoms with Gasteiger partial charge in [-0.25, -0.2) is 4.98 Å². The predicted octanol–water partition coefficient (Wildman–Crippen LogP) is 3.75. The summed E-state index contributed by atoms with van der Waals surface area (Å²) in [6, 6.07) is 12.6. The highest BCUT2D eigenvalue weighted by Gasteiger charge is 2.12. The fourth-order valence-corrected chi connectivity index (χ4v) is 2.89. The van der Waals surface area contributed by atoms with Crippen LogP contribution in [0.25, 0.3) is 11.0 Å². The van der Waals surface area contributed by atoms with Crippen molar-refractivity contribution >= 4 is 11.0 Å². The Labute approximate surface area is 143 Å². The van der Waals surface area contributed by atoms with E-state index >= 15 is 0 Å². The molecule has 0 atom stereocenters. The summed E-state index contributed by atoms with van der Waals surface area (Å²) in [5.41, 5.74) is 11.8. The first-order valence-electron chi connectivity index (χ1n) is 8.50. The largest absolute Gasteiger partial charge is 0.486 e. The van der Waals surface area contributed by atoms with Crippen molar-refractivity contribution in [3.05, 3.63) is 58.9 Å². The van der Waals surface area contributed by atoms with Crippen LogP contribution >= 0.6 is 0 Å². The molecule has 1 heterocycles. The molecule has 0 aliphatic heterocycles. The average molecular weight is 323 g/mol. The van der Waals surface area contributed by atoms with Gasteiger partial charge in [0.2, 0.25) is 0 Å². The molecule has 0 aliphatic rings. The minimum Gasteiger partial charge on any atom is -0.486 e. The maximum absolute atomic E-state index is 5.94. The molecule has 0 spiro atoms. The second-order valence-electron chi connectivity index (χ2n) is 6.18. The van der Waals surface area contributed by atoms with Crippen LogP contribution in [0.1, 0.15) is 29.4 Å². The van der Waals surface area contributed by atoms with E-state index in [0.29, 0.717) is 13.2 Å². The van der Waals surface area contributed by atoms with Gasteiger partial charge in [0.1, 0.15) is 18.2 Å². The number of ether oxygens (including phenoxy) is 1. The van der Waals surface area contributed by atoms with E-state index in [0.717, 1.165) is 35.6 Å². The number of fused-ring (bicyclic) bond motifs is 1. The van der Waals surface area contributed by atoms with E-state index in [1.807, 2.05) is 12.1 Å². The summed E-state index contributed by atoms with van der Waals surface area (Å²) < 4.78 is 8.11. The normalized spacial score (nSPS) is 11.2. The number of nitrogens with zero attached hydrogens (tertiary/aromatic N) is 2. The third-order valence-electron chi connectivity index (χ3n) is 4.50. The Kier molecular flexibility index (Phi) is 4.86. The van der Waals surface area contributed by atoms with E-state index in [1.54, 1.807) is 0 Å². The summed E-state index contributed by atoms with van der Waals surface area (Å²) in [6.07, 6.45) is 1.03. The molecule has 126 valence electrons. The number of hydrogen-bond acceptors (Lipinski definition) is 3. The molecule has 0 saturated heterocycles. The Hall–Kier alpha value is -2.33. The Balaban J connectivity index is 1.88. The smallest absolute Gasteiger partial charge is 0.148 e. The van der Waals surface area contributed by atoms with Gasteiger partial charge in [0.25, 0.3) is 0 Å². The van der Waals surface area contributed by atoms with Gasteiger partial charge in [0.15, 0.2) is 0 Å². The molecule has 0 aliphatic carbocycles. The molecule has 4 nitrogen and oxygen atoms in total. The number of aryl methyl sites for hydroxylation is 3. The van der Waals surface area contributed by atoms with Crippen LogP contribution in [0.2, 0.25) is 0 Å². The quantitative estimate of drug-likeness (QED) is 0.751. The maximum Gasteiger partial charge on any atom is 0.148 e. The van der Waals surface area contributed by atoms with Crippen LogP contribution in [0.5, 0.6) is 5.75 Å². The molecular weight excluding hydrogens is 298 g/mol. The standard InChI is InChI=1S/C20H25N3O/c1-4-16-5-7-17(8-6-16)24-13-20-22-18-11-14(2)15(3)12-19(18)23(20)10-9-21/h5-8,11-12H,4,9-10,13,21H2,1-3H3. The highest BCUT2D eigenvalue weighted by atomic mass is 16.5. The number of aromatic nitrogens is 2. The second kappa shape index (κ2) is 7.05. The van der Waals surface area contributed by atoms with Gasteiger partial charge in [0, 0.05) is 13.1 Å². The Bertz CT molecular complexity index is 834. The third-order valence-corrected chi connectivity index (χ3v) is 4.50. The van der Waals surface area contributed by atoms with Crippen LogP contribution in [-0.2, 0) is 19.6 Å². The summed E-state index contributed by atoms with van der Waals surface area (Å²) in [5.74, 6) is 1.78. The summed E-state index contributed by atoms with van der Waals surface area (Å²) in [7, 11) is 0. The van der Waals surface area contributed by atoms with Crippen molar-refractivity contribution in [2.24, 2.45) is 5.73 Å². The van der Waals surface area contributed by atoms with Crippen molar-refractivity contribution in [1.82, 2.24) is 9.55 Å². The van der Waals surface area contributed by atoms with E-state index in [1.165, 1.54) is 16.7 Å². The van der Waals surface area contributed by atoms with Gasteiger partial charge >= 0.3 is 0 Å². The summed E-state index contributed by atoms with van der Waals surface area (Å²) in [6.45, 7) is 8.15. The molecule has 2 N–H and O–H groups in total. The SMILES string of the molecule is CCc1ccc(OCc2nc3cc(C)c(C)cc3n2CCN)cc1. The molecule has 3 aromatic rings. The summed E-state index contributed by atoms with van der Waals surface area (Å²) in [5, 5.41) is 0. The molecule has 0 fully saturated rings. The topological polar surface area (TPSA) is 53.1 Å². The lowest BCUT2D eigenvalue weighted by molar-refractivity contribution is 0.290. The Morgan fingerprint density at radius 3 is 2.46 bits per heavy atom. The second-order valence-corrected chi connectivity index (χ2v) is 6.18. The van der Waals surface area contributed by atoms with Crippen LogP contribution in [-0.4, -0.2) is 16.1 Å². The molecule has 0 saturated carbocycles. The van der Waals surface area contributed by atoms with E-state index in [4.69, 9.17) is 15.5 Å². The Morgan fingerprint density at radius 2 is 1.79 bits per heavy atom. The van der Waals surface area contributed by atoms with Crippen molar-refractivity contribution in [2.45, 2.75) is 40.3 Å². The number of imidazole rings is 1. The molecular formula is C20H25N3O. The molecule has 4 heteroatoms. The molecule has 1 aromatic heterocycles. The number of nitrogens with two attached hydrogens (primary N) is 1. The van der Waals surface area contributed by atoms with Crippen LogP contribution in [0, 0.1) is 13.8 Å². The highest BCUT2D eigenvalue weighted by Crippen LogP contribution is 2.22. The van der Waals surface area contributed by atoms with Crippen molar-refractivity contribution in [1.29, 1.82) is 0 Å². The fourth-order valence-electron chi connectivity index (χ4n) is 2.89. The van der Waals surface area contributed by atoms with E-state index in [2.05, 4.69) is 49.6 Å². The first-order chi connectivity index (χ1) is 11.6. The Morgan fingerprint density at radius 1 is 1.08 bits per heavy atom. The summed E-state index contributed by atoms with van der Waals surface area (Å²) in [4.78, 5) is 4.76. The lowest BCUT2D eigenvalue weighted by Gasteiger charge is -2.10. The lowest BCUT2D eigenvalue weighted by atomic mass is 10.1. The molecule has 0 amide bonds. The minimum absolute atomic E-state index is 0.443. The number of hydrogen-bond donors (Lipinski definition) is 1. The first kappa shape index (κ1) is 16.5. The number of rotatable bonds is 6. The van der Waals surface area contributed by atoms with E-state index in [9.17, 15) is 0 Å². The van der Waals surface area contributed by atoms with Gasteiger partial charge in [-0.15, -0.1) is 0 Å². The van der Waals surface area contributed by atoms with Gasteiger partial charge in [-0.05, 0) is 61.2 Å². The highest BCUT2D eigenvalue weighted by molar-refractivity contribution is 5.78. The third kappa shape index (κ3) is 3.29. The van der Waals surface area contributed by atoms with Crippen LogP contribution < -0.4 is 10.5 Å². The zero-order valence-corrected chi connectivity index (χ0v) is 14.7. The average Bonchev–Trinajstić information content (AvgIpc) is 2.91. The van der Waals surface area contributed by atoms with Gasteiger partial charge in [-0.3, -0.25) is 0 Å². The van der Waals surface area contributed by atoms with Crippen LogP contribution in [0.3, 0.4) is 0 Å². The first-order valence-corrected chi connectivity index (χ1v) is 8.50. The van der Waals surface area contributed by atoms with E-state index < -0.39 is 0 Å². The van der Waals surface area contributed by atoms with Crippen LogP contribution in [0.4, 0.5) is 0 Å². The predicted molar refractivity (Wildman–Crippen MR) is 98.4 cm³/mol. The number of benzene rings is 2. The van der Waals surface area contributed by atoms with Crippen molar-refractivity contribution < 1.29 is 4.74 Å².